The van der Waals surface area contributed by atoms with Crippen molar-refractivity contribution in [2.75, 3.05) is 19.4 Å². The molecule has 2 N–H and O–H groups in total. The summed E-state index contributed by atoms with van der Waals surface area (Å²) in [6.07, 6.45) is 20.9. The Labute approximate surface area is 163 Å². The molecule has 156 valence electrons. The van der Waals surface area contributed by atoms with Crippen molar-refractivity contribution in [1.29, 1.82) is 0 Å². The summed E-state index contributed by atoms with van der Waals surface area (Å²) in [7, 11) is -1.68. The van der Waals surface area contributed by atoms with Gasteiger partial charge in [-0.25, -0.2) is 0 Å². The first-order valence-electron chi connectivity index (χ1n) is 11.1. The van der Waals surface area contributed by atoms with Crippen LogP contribution in [0.2, 0.25) is 0 Å². The van der Waals surface area contributed by atoms with Crippen LogP contribution in [-0.2, 0) is 9.09 Å². The first-order valence-corrected chi connectivity index (χ1v) is 12.4. The van der Waals surface area contributed by atoms with Crippen LogP contribution in [0.25, 0.3) is 0 Å². The standard InChI is InChI=1S/C21H44O4P/c1-2-3-4-5-6-7-8-9-10-11-12-13-14-15-16-17-18-26(24)25-20-21(23)19-22/h21-23H,2-20H2,1H3/q+1. The zero-order valence-corrected chi connectivity index (χ0v) is 18.1. The van der Waals surface area contributed by atoms with E-state index in [0.29, 0.717) is 6.16 Å². The molecule has 0 saturated heterocycles. The molecule has 0 aromatic heterocycles. The molecule has 0 spiro atoms. The molecule has 0 aromatic rings. The van der Waals surface area contributed by atoms with E-state index < -0.39 is 14.1 Å². The molecular formula is C21H44O4P+. The summed E-state index contributed by atoms with van der Waals surface area (Å²) in [5, 5.41) is 17.8. The highest BCUT2D eigenvalue weighted by Crippen LogP contribution is 2.24. The van der Waals surface area contributed by atoms with Gasteiger partial charge in [0.15, 0.2) is 6.16 Å². The Morgan fingerprint density at radius 2 is 1.12 bits per heavy atom. The molecule has 0 aliphatic heterocycles. The quantitative estimate of drug-likeness (QED) is 0.176. The average molecular weight is 392 g/mol. The molecule has 0 bridgehead atoms. The second-order valence-corrected chi connectivity index (χ2v) is 8.86. The van der Waals surface area contributed by atoms with E-state index in [0.717, 1.165) is 12.8 Å². The molecule has 2 unspecified atom stereocenters. The zero-order chi connectivity index (χ0) is 19.3. The van der Waals surface area contributed by atoms with Crippen LogP contribution in [0.1, 0.15) is 110 Å². The van der Waals surface area contributed by atoms with Gasteiger partial charge >= 0.3 is 8.03 Å². The molecule has 5 heteroatoms. The highest BCUT2D eigenvalue weighted by Gasteiger charge is 2.18. The lowest BCUT2D eigenvalue weighted by atomic mass is 10.0. The largest absolute Gasteiger partial charge is 0.508 e. The van der Waals surface area contributed by atoms with Crippen LogP contribution >= 0.6 is 8.03 Å². The SMILES string of the molecule is CCCCCCCCCCCCCCCCCC[P+](=O)OCC(O)CO. The van der Waals surface area contributed by atoms with E-state index >= 15 is 0 Å². The molecule has 0 aliphatic carbocycles. The molecule has 0 saturated carbocycles. The normalized spacial score (nSPS) is 13.1. The third kappa shape index (κ3) is 20.3. The van der Waals surface area contributed by atoms with Crippen LogP contribution in [0.4, 0.5) is 0 Å². The van der Waals surface area contributed by atoms with E-state index in [1.54, 1.807) is 0 Å². The first-order chi connectivity index (χ1) is 12.7. The van der Waals surface area contributed by atoms with Gasteiger partial charge in [-0.05, 0) is 17.4 Å². The topological polar surface area (TPSA) is 66.8 Å². The molecule has 26 heavy (non-hydrogen) atoms. The highest BCUT2D eigenvalue weighted by molar-refractivity contribution is 7.39. The number of rotatable bonds is 21. The minimum atomic E-state index is -1.68. The van der Waals surface area contributed by atoms with E-state index in [-0.39, 0.29) is 13.2 Å². The van der Waals surface area contributed by atoms with Crippen LogP contribution in [0.15, 0.2) is 0 Å². The Kier molecular flexibility index (Phi) is 21.3. The minimum Gasteiger partial charge on any atom is -0.394 e. The maximum atomic E-state index is 11.5. The molecule has 0 amide bonds. The third-order valence-corrected chi connectivity index (χ3v) is 5.93. The molecule has 0 aliphatic rings. The first kappa shape index (κ1) is 26.0. The maximum absolute atomic E-state index is 11.5. The van der Waals surface area contributed by atoms with Crippen molar-refractivity contribution >= 4 is 8.03 Å². The zero-order valence-electron chi connectivity index (χ0n) is 17.2. The lowest BCUT2D eigenvalue weighted by Crippen LogP contribution is -2.17. The Morgan fingerprint density at radius 3 is 1.50 bits per heavy atom. The second kappa shape index (κ2) is 21.3. The summed E-state index contributed by atoms with van der Waals surface area (Å²) in [6, 6.07) is 0. The van der Waals surface area contributed by atoms with Gasteiger partial charge in [0, 0.05) is 0 Å². The lowest BCUT2D eigenvalue weighted by Gasteiger charge is -2.03. The van der Waals surface area contributed by atoms with Crippen molar-refractivity contribution < 1.29 is 19.3 Å². The summed E-state index contributed by atoms with van der Waals surface area (Å²) in [5.41, 5.74) is 0. The summed E-state index contributed by atoms with van der Waals surface area (Å²) < 4.78 is 16.6. The van der Waals surface area contributed by atoms with Crippen LogP contribution in [0, 0.1) is 0 Å². The fourth-order valence-corrected chi connectivity index (χ4v) is 4.02. The van der Waals surface area contributed by atoms with E-state index in [9.17, 15) is 4.57 Å². The number of aliphatic hydroxyl groups is 2. The molecule has 0 heterocycles. The van der Waals surface area contributed by atoms with Crippen LogP contribution in [0.5, 0.6) is 0 Å². The summed E-state index contributed by atoms with van der Waals surface area (Å²) in [4.78, 5) is 0. The predicted octanol–water partition coefficient (Wildman–Crippen LogP) is 6.36. The van der Waals surface area contributed by atoms with Gasteiger partial charge in [0.2, 0.25) is 0 Å². The molecule has 0 rings (SSSR count). The van der Waals surface area contributed by atoms with E-state index in [1.165, 1.54) is 89.9 Å². The van der Waals surface area contributed by atoms with Crippen molar-refractivity contribution in [3.05, 3.63) is 0 Å². The predicted molar refractivity (Wildman–Crippen MR) is 111 cm³/mol. The highest BCUT2D eigenvalue weighted by atomic mass is 31.1. The van der Waals surface area contributed by atoms with Gasteiger partial charge in [-0.15, -0.1) is 4.52 Å². The van der Waals surface area contributed by atoms with Crippen molar-refractivity contribution in [2.24, 2.45) is 0 Å². The summed E-state index contributed by atoms with van der Waals surface area (Å²) in [5.74, 6) is 0. The lowest BCUT2D eigenvalue weighted by molar-refractivity contribution is 0.0562. The third-order valence-electron chi connectivity index (χ3n) is 4.82. The number of hydrogen-bond acceptors (Lipinski definition) is 4. The van der Waals surface area contributed by atoms with Crippen LogP contribution in [-0.4, -0.2) is 35.7 Å². The van der Waals surface area contributed by atoms with Gasteiger partial charge in [0.05, 0.1) is 6.61 Å². The van der Waals surface area contributed by atoms with Crippen molar-refractivity contribution in [3.63, 3.8) is 0 Å². The van der Waals surface area contributed by atoms with Gasteiger partial charge in [-0.3, -0.25) is 0 Å². The van der Waals surface area contributed by atoms with Crippen LogP contribution in [0.3, 0.4) is 0 Å². The molecule has 4 nitrogen and oxygen atoms in total. The summed E-state index contributed by atoms with van der Waals surface area (Å²) in [6.45, 7) is 1.89. The fraction of sp³-hybridized carbons (Fsp3) is 1.00. The Morgan fingerprint density at radius 1 is 0.731 bits per heavy atom. The smallest absolute Gasteiger partial charge is 0.394 e. The van der Waals surface area contributed by atoms with E-state index in [4.69, 9.17) is 14.7 Å². The fourth-order valence-electron chi connectivity index (χ4n) is 3.08. The monoisotopic (exact) mass is 391 g/mol. The molecule has 0 radical (unpaired) electrons. The molecular weight excluding hydrogens is 347 g/mol. The van der Waals surface area contributed by atoms with Gasteiger partial charge < -0.3 is 10.2 Å². The maximum Gasteiger partial charge on any atom is 0.508 e. The number of aliphatic hydroxyl groups excluding tert-OH is 2. The molecule has 0 fully saturated rings. The summed E-state index contributed by atoms with van der Waals surface area (Å²) >= 11 is 0. The van der Waals surface area contributed by atoms with E-state index in [2.05, 4.69) is 6.92 Å². The van der Waals surface area contributed by atoms with Gasteiger partial charge in [0.1, 0.15) is 12.7 Å². The Hall–Kier alpha value is -0.0200. The number of unbranched alkanes of at least 4 members (excludes halogenated alkanes) is 15. The van der Waals surface area contributed by atoms with Gasteiger partial charge in [-0.2, -0.15) is 0 Å². The van der Waals surface area contributed by atoms with Crippen LogP contribution < -0.4 is 0 Å². The van der Waals surface area contributed by atoms with Crippen molar-refractivity contribution in [2.45, 2.75) is 116 Å². The Bertz CT molecular complexity index is 300. The van der Waals surface area contributed by atoms with Crippen molar-refractivity contribution in [1.82, 2.24) is 0 Å². The number of hydrogen-bond donors (Lipinski definition) is 2. The second-order valence-electron chi connectivity index (χ2n) is 7.49. The average Bonchev–Trinajstić information content (AvgIpc) is 2.65. The van der Waals surface area contributed by atoms with Gasteiger partial charge in [0.25, 0.3) is 0 Å². The Balaban J connectivity index is 3.12. The molecule has 0 aromatic carbocycles. The minimum absolute atomic E-state index is 0.0371. The molecule has 2 atom stereocenters. The van der Waals surface area contributed by atoms with Crippen molar-refractivity contribution in [3.8, 4) is 0 Å². The van der Waals surface area contributed by atoms with E-state index in [1.807, 2.05) is 0 Å². The van der Waals surface area contributed by atoms with Gasteiger partial charge in [-0.1, -0.05) is 96.8 Å².